The zero-order valence-corrected chi connectivity index (χ0v) is 10.8. The van der Waals surface area contributed by atoms with Crippen LogP contribution in [-0.4, -0.2) is 6.54 Å². The number of benzene rings is 2. The summed E-state index contributed by atoms with van der Waals surface area (Å²) in [5.41, 5.74) is 7.08. The first-order valence-corrected chi connectivity index (χ1v) is 6.15. The third kappa shape index (κ3) is 3.43. The fraction of sp³-hybridized carbons (Fsp3) is 0.143. The number of nitrogens with two attached hydrogens (primary N) is 1. The number of nitrogens with one attached hydrogen (secondary N) is 1. The van der Waals surface area contributed by atoms with E-state index in [1.54, 1.807) is 18.2 Å². The van der Waals surface area contributed by atoms with Gasteiger partial charge >= 0.3 is 0 Å². The van der Waals surface area contributed by atoms with Crippen molar-refractivity contribution in [1.29, 1.82) is 0 Å². The Kier molecular flexibility index (Phi) is 4.35. The fourth-order valence-corrected chi connectivity index (χ4v) is 1.87. The van der Waals surface area contributed by atoms with E-state index in [-0.39, 0.29) is 23.4 Å². The molecule has 1 unspecified atom stereocenters. The summed E-state index contributed by atoms with van der Waals surface area (Å²) in [5, 5.41) is 3.19. The molecule has 2 aromatic rings. The van der Waals surface area contributed by atoms with Gasteiger partial charge in [0.1, 0.15) is 11.6 Å². The summed E-state index contributed by atoms with van der Waals surface area (Å²) in [5.74, 6) is -0.800. The third-order valence-corrected chi connectivity index (χ3v) is 3.07. The van der Waals surface area contributed by atoms with E-state index in [0.717, 1.165) is 0 Å². The van der Waals surface area contributed by atoms with Crippen LogP contribution in [0.5, 0.6) is 0 Å². The molecule has 0 aliphatic rings. The number of hydrogen-bond donors (Lipinski definition) is 2. The molecule has 5 heteroatoms. The van der Waals surface area contributed by atoms with Gasteiger partial charge in [0, 0.05) is 12.2 Å². The first kappa shape index (κ1) is 13.8. The summed E-state index contributed by atoms with van der Waals surface area (Å²) in [6.45, 7) is 0.276. The molecular weight excluding hydrogens is 270 g/mol. The molecule has 0 aliphatic carbocycles. The van der Waals surface area contributed by atoms with E-state index in [9.17, 15) is 8.78 Å². The van der Waals surface area contributed by atoms with E-state index >= 15 is 0 Å². The molecule has 0 radical (unpaired) electrons. The highest BCUT2D eigenvalue weighted by atomic mass is 35.5. The van der Waals surface area contributed by atoms with Crippen LogP contribution in [0, 0.1) is 11.6 Å². The lowest BCUT2D eigenvalue weighted by molar-refractivity contribution is 0.622. The first-order valence-electron chi connectivity index (χ1n) is 5.77. The summed E-state index contributed by atoms with van der Waals surface area (Å²) >= 11 is 5.64. The standard InChI is InChI=1S/C14H13ClF2N2/c15-12-6-1-9(7-13(12)17)14(8-18)19-11-4-2-10(16)3-5-11/h1-7,14,19H,8,18H2. The van der Waals surface area contributed by atoms with Crippen molar-refractivity contribution in [3.05, 3.63) is 64.7 Å². The largest absolute Gasteiger partial charge is 0.377 e. The average Bonchev–Trinajstić information content (AvgIpc) is 2.41. The summed E-state index contributed by atoms with van der Waals surface area (Å²) in [4.78, 5) is 0. The molecule has 0 heterocycles. The van der Waals surface area contributed by atoms with Crippen molar-refractivity contribution >= 4 is 17.3 Å². The predicted molar refractivity (Wildman–Crippen MR) is 73.2 cm³/mol. The summed E-state index contributed by atoms with van der Waals surface area (Å²) in [7, 11) is 0. The molecule has 19 heavy (non-hydrogen) atoms. The lowest BCUT2D eigenvalue weighted by atomic mass is 10.1. The first-order chi connectivity index (χ1) is 9.10. The molecule has 2 aromatic carbocycles. The van der Waals surface area contributed by atoms with Crippen molar-refractivity contribution in [3.63, 3.8) is 0 Å². The summed E-state index contributed by atoms with van der Waals surface area (Å²) < 4.78 is 26.2. The highest BCUT2D eigenvalue weighted by molar-refractivity contribution is 6.30. The van der Waals surface area contributed by atoms with E-state index in [0.29, 0.717) is 11.3 Å². The summed E-state index contributed by atoms with van der Waals surface area (Å²) in [6.07, 6.45) is 0. The quantitative estimate of drug-likeness (QED) is 0.897. The molecule has 1 atom stereocenters. The van der Waals surface area contributed by atoms with Gasteiger partial charge < -0.3 is 11.1 Å². The second-order valence-electron chi connectivity index (χ2n) is 4.11. The van der Waals surface area contributed by atoms with Crippen molar-refractivity contribution in [1.82, 2.24) is 0 Å². The van der Waals surface area contributed by atoms with Crippen LogP contribution in [0.15, 0.2) is 42.5 Å². The van der Waals surface area contributed by atoms with Crippen LogP contribution in [0.3, 0.4) is 0 Å². The smallest absolute Gasteiger partial charge is 0.142 e. The maximum Gasteiger partial charge on any atom is 0.142 e. The second kappa shape index (κ2) is 5.99. The molecule has 0 spiro atoms. The highest BCUT2D eigenvalue weighted by Crippen LogP contribution is 2.23. The van der Waals surface area contributed by atoms with Crippen LogP contribution in [0.1, 0.15) is 11.6 Å². The Labute approximate surface area is 115 Å². The molecule has 0 aliphatic heterocycles. The van der Waals surface area contributed by atoms with Crippen LogP contribution in [0.4, 0.5) is 14.5 Å². The number of rotatable bonds is 4. The Hall–Kier alpha value is -1.65. The van der Waals surface area contributed by atoms with Crippen LogP contribution in [-0.2, 0) is 0 Å². The predicted octanol–water partition coefficient (Wildman–Crippen LogP) is 3.73. The molecule has 2 nitrogen and oxygen atoms in total. The molecule has 0 aromatic heterocycles. The van der Waals surface area contributed by atoms with E-state index in [1.165, 1.54) is 24.3 Å². The van der Waals surface area contributed by atoms with Crippen LogP contribution in [0.2, 0.25) is 5.02 Å². The van der Waals surface area contributed by atoms with E-state index in [1.807, 2.05) is 0 Å². The van der Waals surface area contributed by atoms with Crippen molar-refractivity contribution in [2.45, 2.75) is 6.04 Å². The zero-order valence-electron chi connectivity index (χ0n) is 10.0. The Bertz CT molecular complexity index is 558. The normalized spacial score (nSPS) is 12.2. The molecule has 0 saturated carbocycles. The van der Waals surface area contributed by atoms with Crippen molar-refractivity contribution in [3.8, 4) is 0 Å². The van der Waals surface area contributed by atoms with Gasteiger partial charge in [0.05, 0.1) is 11.1 Å². The number of anilines is 1. The maximum atomic E-state index is 13.4. The molecule has 100 valence electrons. The number of hydrogen-bond acceptors (Lipinski definition) is 2. The third-order valence-electron chi connectivity index (χ3n) is 2.77. The minimum absolute atomic E-state index is 0.0707. The van der Waals surface area contributed by atoms with Gasteiger partial charge in [0.15, 0.2) is 0 Å². The Morgan fingerprint density at radius 1 is 1.11 bits per heavy atom. The SMILES string of the molecule is NCC(Nc1ccc(F)cc1)c1ccc(Cl)c(F)c1. The van der Waals surface area contributed by atoms with Crippen molar-refractivity contribution in [2.75, 3.05) is 11.9 Å². The Balaban J connectivity index is 2.19. The molecule has 0 bridgehead atoms. The molecule has 0 saturated heterocycles. The van der Waals surface area contributed by atoms with Gasteiger partial charge in [0.25, 0.3) is 0 Å². The zero-order chi connectivity index (χ0) is 13.8. The van der Waals surface area contributed by atoms with Gasteiger partial charge in [-0.2, -0.15) is 0 Å². The van der Waals surface area contributed by atoms with Gasteiger partial charge in [-0.05, 0) is 42.0 Å². The number of halogens is 3. The molecule has 2 rings (SSSR count). The molecule has 0 fully saturated rings. The second-order valence-corrected chi connectivity index (χ2v) is 4.52. The van der Waals surface area contributed by atoms with E-state index in [2.05, 4.69) is 5.32 Å². The van der Waals surface area contributed by atoms with Crippen LogP contribution < -0.4 is 11.1 Å². The average molecular weight is 283 g/mol. The fourth-order valence-electron chi connectivity index (χ4n) is 1.75. The Morgan fingerprint density at radius 2 is 1.79 bits per heavy atom. The summed E-state index contributed by atoms with van der Waals surface area (Å²) in [6, 6.07) is 10.2. The van der Waals surface area contributed by atoms with Crippen molar-refractivity contribution < 1.29 is 8.78 Å². The minimum atomic E-state index is -0.487. The van der Waals surface area contributed by atoms with Gasteiger partial charge in [-0.25, -0.2) is 8.78 Å². The van der Waals surface area contributed by atoms with Gasteiger partial charge in [-0.3, -0.25) is 0 Å². The van der Waals surface area contributed by atoms with Crippen LogP contribution >= 0.6 is 11.6 Å². The monoisotopic (exact) mass is 282 g/mol. The van der Waals surface area contributed by atoms with E-state index < -0.39 is 5.82 Å². The van der Waals surface area contributed by atoms with Gasteiger partial charge in [0.2, 0.25) is 0 Å². The van der Waals surface area contributed by atoms with Gasteiger partial charge in [-0.1, -0.05) is 17.7 Å². The lowest BCUT2D eigenvalue weighted by Crippen LogP contribution is -2.20. The van der Waals surface area contributed by atoms with Crippen molar-refractivity contribution in [2.24, 2.45) is 5.73 Å². The molecular formula is C14H13ClF2N2. The minimum Gasteiger partial charge on any atom is -0.377 e. The lowest BCUT2D eigenvalue weighted by Gasteiger charge is -2.19. The van der Waals surface area contributed by atoms with E-state index in [4.69, 9.17) is 17.3 Å². The van der Waals surface area contributed by atoms with Crippen LogP contribution in [0.25, 0.3) is 0 Å². The van der Waals surface area contributed by atoms with Gasteiger partial charge in [-0.15, -0.1) is 0 Å². The Morgan fingerprint density at radius 3 is 2.37 bits per heavy atom. The maximum absolute atomic E-state index is 13.4. The molecule has 3 N–H and O–H groups in total. The topological polar surface area (TPSA) is 38.0 Å². The molecule has 0 amide bonds. The highest BCUT2D eigenvalue weighted by Gasteiger charge is 2.11.